The number of amides is 1. The molecule has 0 aromatic heterocycles. The molecule has 0 aromatic rings. The van der Waals surface area contributed by atoms with Crippen molar-refractivity contribution in [2.75, 3.05) is 13.1 Å². The molecule has 2 N–H and O–H groups in total. The zero-order chi connectivity index (χ0) is 12.9. The van der Waals surface area contributed by atoms with Crippen LogP contribution in [0, 0.1) is 17.3 Å². The Hall–Kier alpha value is -1.35. The highest BCUT2D eigenvalue weighted by atomic mass is 16.1. The molecule has 2 atom stereocenters. The summed E-state index contributed by atoms with van der Waals surface area (Å²) in [5.74, 6) is 1.15. The lowest BCUT2D eigenvalue weighted by atomic mass is 9.57. The predicted molar refractivity (Wildman–Crippen MR) is 74.2 cm³/mol. The van der Waals surface area contributed by atoms with Crippen LogP contribution in [0.15, 0.2) is 35.6 Å². The van der Waals surface area contributed by atoms with Gasteiger partial charge in [0.25, 0.3) is 0 Å². The fourth-order valence-corrected chi connectivity index (χ4v) is 4.50. The van der Waals surface area contributed by atoms with E-state index >= 15 is 0 Å². The van der Waals surface area contributed by atoms with Gasteiger partial charge in [0.15, 0.2) is 0 Å². The van der Waals surface area contributed by atoms with Crippen LogP contribution in [0.3, 0.4) is 0 Å². The van der Waals surface area contributed by atoms with Crippen LogP contribution in [0.2, 0.25) is 0 Å². The molecule has 0 saturated carbocycles. The molecule has 2 aliphatic carbocycles. The lowest BCUT2D eigenvalue weighted by Gasteiger charge is -2.49. The van der Waals surface area contributed by atoms with Crippen molar-refractivity contribution in [3.63, 3.8) is 0 Å². The van der Waals surface area contributed by atoms with Crippen molar-refractivity contribution >= 4 is 5.91 Å². The van der Waals surface area contributed by atoms with Gasteiger partial charge >= 0.3 is 0 Å². The molecule has 0 bridgehead atoms. The van der Waals surface area contributed by atoms with Crippen LogP contribution in [0.25, 0.3) is 0 Å². The third-order valence-electron chi connectivity index (χ3n) is 5.36. The van der Waals surface area contributed by atoms with E-state index in [0.717, 1.165) is 13.1 Å². The van der Waals surface area contributed by atoms with E-state index in [0.29, 0.717) is 23.7 Å². The van der Waals surface area contributed by atoms with Gasteiger partial charge in [0.2, 0.25) is 5.91 Å². The first-order chi connectivity index (χ1) is 9.28. The number of piperidine rings is 1. The molecule has 2 fully saturated rings. The molecule has 3 heteroatoms. The summed E-state index contributed by atoms with van der Waals surface area (Å²) in [6.07, 6.45) is 13.2. The van der Waals surface area contributed by atoms with E-state index in [-0.39, 0.29) is 5.91 Å². The number of carbonyl (C=O) groups excluding carboxylic acids is 1. The van der Waals surface area contributed by atoms with Crippen molar-refractivity contribution < 1.29 is 4.79 Å². The van der Waals surface area contributed by atoms with Crippen LogP contribution in [0.4, 0.5) is 0 Å². The molecular weight excluding hydrogens is 236 g/mol. The van der Waals surface area contributed by atoms with Crippen LogP contribution in [-0.2, 0) is 4.79 Å². The molecule has 0 aromatic carbocycles. The van der Waals surface area contributed by atoms with Crippen molar-refractivity contribution in [3.8, 4) is 0 Å². The quantitative estimate of drug-likeness (QED) is 0.695. The van der Waals surface area contributed by atoms with Crippen molar-refractivity contribution in [3.05, 3.63) is 35.6 Å². The smallest absolute Gasteiger partial charge is 0.224 e. The molecule has 2 unspecified atom stereocenters. The van der Waals surface area contributed by atoms with Crippen LogP contribution in [-0.4, -0.2) is 19.0 Å². The van der Waals surface area contributed by atoms with Crippen molar-refractivity contribution in [1.29, 1.82) is 0 Å². The van der Waals surface area contributed by atoms with Crippen LogP contribution < -0.4 is 10.6 Å². The Morgan fingerprint density at radius 3 is 2.89 bits per heavy atom. The van der Waals surface area contributed by atoms with Gasteiger partial charge in [-0.15, -0.1) is 0 Å². The van der Waals surface area contributed by atoms with Crippen molar-refractivity contribution in [1.82, 2.24) is 10.6 Å². The minimum atomic E-state index is 0.209. The van der Waals surface area contributed by atoms with Gasteiger partial charge in [0.05, 0.1) is 0 Å². The molecular formula is C16H20N2O. The Kier molecular flexibility index (Phi) is 2.46. The number of hydrogen-bond donors (Lipinski definition) is 2. The van der Waals surface area contributed by atoms with E-state index in [1.807, 2.05) is 0 Å². The van der Waals surface area contributed by atoms with E-state index in [1.165, 1.54) is 30.5 Å². The van der Waals surface area contributed by atoms with Gasteiger partial charge in [-0.3, -0.25) is 4.79 Å². The highest BCUT2D eigenvalue weighted by Crippen LogP contribution is 2.54. The fourth-order valence-electron chi connectivity index (χ4n) is 4.50. The Labute approximate surface area is 113 Å². The molecule has 100 valence electrons. The van der Waals surface area contributed by atoms with Crippen molar-refractivity contribution in [2.24, 2.45) is 17.3 Å². The predicted octanol–water partition coefficient (Wildman–Crippen LogP) is 1.89. The summed E-state index contributed by atoms with van der Waals surface area (Å²) in [5, 5.41) is 6.60. The van der Waals surface area contributed by atoms with E-state index in [1.54, 1.807) is 0 Å². The maximum Gasteiger partial charge on any atom is 0.224 e. The number of fused-ring (bicyclic) bond motifs is 3. The second-order valence-electron chi connectivity index (χ2n) is 6.36. The Balaban J connectivity index is 1.80. The van der Waals surface area contributed by atoms with Crippen LogP contribution in [0.5, 0.6) is 0 Å². The van der Waals surface area contributed by atoms with E-state index in [2.05, 4.69) is 34.9 Å². The van der Waals surface area contributed by atoms with Gasteiger partial charge in [0.1, 0.15) is 0 Å². The summed E-state index contributed by atoms with van der Waals surface area (Å²) in [6, 6.07) is 0. The highest BCUT2D eigenvalue weighted by molar-refractivity contribution is 5.82. The number of carbonyl (C=O) groups is 1. The Morgan fingerprint density at radius 2 is 2.05 bits per heavy atom. The third-order valence-corrected chi connectivity index (χ3v) is 5.36. The molecule has 19 heavy (non-hydrogen) atoms. The molecule has 4 aliphatic rings. The summed E-state index contributed by atoms with van der Waals surface area (Å²) in [5.41, 5.74) is 2.98. The summed E-state index contributed by atoms with van der Waals surface area (Å²) < 4.78 is 0. The van der Waals surface area contributed by atoms with Crippen molar-refractivity contribution in [2.45, 2.75) is 25.7 Å². The first kappa shape index (κ1) is 11.5. The van der Waals surface area contributed by atoms with Gasteiger partial charge in [-0.1, -0.05) is 24.3 Å². The SMILES string of the molecule is O=C1CC2CC3(CCNCC3)C3C=CC=CC3=C2N1. The standard InChI is InChI=1S/C16H20N2O/c19-14-9-11-10-16(5-7-17-8-6-16)13-4-2-1-3-12(13)15(11)18-14/h1-4,11,13,17H,5-10H2,(H,18,19). The minimum Gasteiger partial charge on any atom is -0.329 e. The molecule has 3 nitrogen and oxygen atoms in total. The molecule has 2 heterocycles. The maximum absolute atomic E-state index is 11.8. The lowest BCUT2D eigenvalue weighted by Crippen LogP contribution is -2.45. The minimum absolute atomic E-state index is 0.209. The monoisotopic (exact) mass is 256 g/mol. The number of hydrogen-bond acceptors (Lipinski definition) is 2. The van der Waals surface area contributed by atoms with E-state index in [4.69, 9.17) is 0 Å². The van der Waals surface area contributed by atoms with E-state index in [9.17, 15) is 4.79 Å². The Morgan fingerprint density at radius 1 is 1.21 bits per heavy atom. The molecule has 2 saturated heterocycles. The van der Waals surface area contributed by atoms with Gasteiger partial charge < -0.3 is 10.6 Å². The normalized spacial score (nSPS) is 35.3. The average molecular weight is 256 g/mol. The number of rotatable bonds is 0. The summed E-state index contributed by atoms with van der Waals surface area (Å²) >= 11 is 0. The zero-order valence-corrected chi connectivity index (χ0v) is 11.1. The van der Waals surface area contributed by atoms with Crippen LogP contribution in [0.1, 0.15) is 25.7 Å². The lowest BCUT2D eigenvalue weighted by molar-refractivity contribution is -0.119. The Bertz CT molecular complexity index is 509. The molecule has 0 radical (unpaired) electrons. The molecule has 1 spiro atoms. The first-order valence-corrected chi connectivity index (χ1v) is 7.38. The zero-order valence-electron chi connectivity index (χ0n) is 11.1. The van der Waals surface area contributed by atoms with Crippen LogP contribution >= 0.6 is 0 Å². The highest BCUT2D eigenvalue weighted by Gasteiger charge is 2.49. The largest absolute Gasteiger partial charge is 0.329 e. The van der Waals surface area contributed by atoms with E-state index < -0.39 is 0 Å². The summed E-state index contributed by atoms with van der Waals surface area (Å²) in [6.45, 7) is 2.23. The van der Waals surface area contributed by atoms with Gasteiger partial charge in [0, 0.05) is 24.0 Å². The van der Waals surface area contributed by atoms with Gasteiger partial charge in [-0.2, -0.15) is 0 Å². The molecule has 2 aliphatic heterocycles. The first-order valence-electron chi connectivity index (χ1n) is 7.38. The van der Waals surface area contributed by atoms with Gasteiger partial charge in [-0.25, -0.2) is 0 Å². The third kappa shape index (κ3) is 1.64. The van der Waals surface area contributed by atoms with Gasteiger partial charge in [-0.05, 0) is 43.3 Å². The summed E-state index contributed by atoms with van der Waals surface area (Å²) in [4.78, 5) is 11.8. The summed E-state index contributed by atoms with van der Waals surface area (Å²) in [7, 11) is 0. The molecule has 1 amide bonds. The molecule has 4 rings (SSSR count). The maximum atomic E-state index is 11.8. The second-order valence-corrected chi connectivity index (χ2v) is 6.36. The second kappa shape index (κ2) is 4.07. The average Bonchev–Trinajstić information content (AvgIpc) is 2.81. The number of nitrogens with one attached hydrogen (secondary N) is 2. The topological polar surface area (TPSA) is 41.1 Å². The number of allylic oxidation sites excluding steroid dienone is 6. The fraction of sp³-hybridized carbons (Fsp3) is 0.562.